The molecule has 0 spiro atoms. The summed E-state index contributed by atoms with van der Waals surface area (Å²) in [5, 5.41) is 14.4. The number of carbonyl (C=O) groups excluding carboxylic acids is 1. The van der Waals surface area contributed by atoms with Crippen molar-refractivity contribution in [3.05, 3.63) is 0 Å². The molecule has 0 aromatic rings. The van der Waals surface area contributed by atoms with Crippen LogP contribution in [-0.2, 0) is 9.53 Å². The average molecular weight is 273 g/mol. The van der Waals surface area contributed by atoms with Crippen molar-refractivity contribution < 1.29 is 14.7 Å². The van der Waals surface area contributed by atoms with E-state index in [2.05, 4.69) is 10.5 Å². The van der Waals surface area contributed by atoms with Crippen molar-refractivity contribution in [1.29, 1.82) is 0 Å². The third-order valence-electron chi connectivity index (χ3n) is 2.69. The van der Waals surface area contributed by atoms with E-state index in [0.717, 1.165) is 19.3 Å². The number of amidine groups is 1. The van der Waals surface area contributed by atoms with Gasteiger partial charge in [-0.05, 0) is 33.1 Å². The Morgan fingerprint density at radius 1 is 1.42 bits per heavy atom. The summed E-state index contributed by atoms with van der Waals surface area (Å²) in [6, 6.07) is 0. The van der Waals surface area contributed by atoms with Crippen LogP contribution in [0.3, 0.4) is 0 Å². The SMILES string of the molecule is CCCC(C(=O)NCCCCOC(C)C)C(N)=NO. The minimum absolute atomic E-state index is 0.0255. The van der Waals surface area contributed by atoms with Gasteiger partial charge in [0.1, 0.15) is 0 Å². The third kappa shape index (κ3) is 8.42. The molecule has 6 heteroatoms. The molecule has 6 nitrogen and oxygen atoms in total. The van der Waals surface area contributed by atoms with Crippen LogP contribution in [0.5, 0.6) is 0 Å². The van der Waals surface area contributed by atoms with Gasteiger partial charge in [0.2, 0.25) is 5.91 Å². The van der Waals surface area contributed by atoms with Crippen LogP contribution in [0.4, 0.5) is 0 Å². The van der Waals surface area contributed by atoms with Gasteiger partial charge in [0.05, 0.1) is 12.0 Å². The van der Waals surface area contributed by atoms with E-state index in [1.807, 2.05) is 20.8 Å². The monoisotopic (exact) mass is 273 g/mol. The maximum Gasteiger partial charge on any atom is 0.230 e. The predicted octanol–water partition coefficient (Wildman–Crippen LogP) is 1.47. The fraction of sp³-hybridized carbons (Fsp3) is 0.846. The van der Waals surface area contributed by atoms with Gasteiger partial charge in [0, 0.05) is 13.2 Å². The topological polar surface area (TPSA) is 96.9 Å². The van der Waals surface area contributed by atoms with Crippen LogP contribution < -0.4 is 11.1 Å². The molecule has 0 heterocycles. The van der Waals surface area contributed by atoms with Gasteiger partial charge in [-0.3, -0.25) is 4.79 Å². The molecule has 0 aliphatic heterocycles. The van der Waals surface area contributed by atoms with Crippen LogP contribution >= 0.6 is 0 Å². The third-order valence-corrected chi connectivity index (χ3v) is 2.69. The molecule has 0 bridgehead atoms. The van der Waals surface area contributed by atoms with E-state index in [0.29, 0.717) is 19.6 Å². The fourth-order valence-electron chi connectivity index (χ4n) is 1.65. The second kappa shape index (κ2) is 10.6. The number of nitrogens with one attached hydrogen (secondary N) is 1. The van der Waals surface area contributed by atoms with Crippen molar-refractivity contribution in [1.82, 2.24) is 5.32 Å². The Balaban J connectivity index is 3.87. The van der Waals surface area contributed by atoms with Crippen molar-refractivity contribution in [2.24, 2.45) is 16.8 Å². The highest BCUT2D eigenvalue weighted by molar-refractivity contribution is 6.01. The molecule has 0 radical (unpaired) electrons. The summed E-state index contributed by atoms with van der Waals surface area (Å²) in [5.74, 6) is -0.744. The first-order chi connectivity index (χ1) is 9.02. The molecular weight excluding hydrogens is 246 g/mol. The van der Waals surface area contributed by atoms with Gasteiger partial charge in [-0.1, -0.05) is 18.5 Å². The van der Waals surface area contributed by atoms with E-state index in [-0.39, 0.29) is 17.8 Å². The predicted molar refractivity (Wildman–Crippen MR) is 75.1 cm³/mol. The molecule has 0 aliphatic rings. The van der Waals surface area contributed by atoms with E-state index >= 15 is 0 Å². The molecule has 0 saturated carbocycles. The number of amides is 1. The Kier molecular flexibility index (Phi) is 9.88. The molecule has 0 saturated heterocycles. The molecule has 1 amide bonds. The summed E-state index contributed by atoms with van der Waals surface area (Å²) < 4.78 is 5.41. The Hall–Kier alpha value is -1.30. The van der Waals surface area contributed by atoms with E-state index in [1.165, 1.54) is 0 Å². The maximum absolute atomic E-state index is 11.9. The van der Waals surface area contributed by atoms with Crippen LogP contribution in [0, 0.1) is 5.92 Å². The number of carbonyl (C=O) groups is 1. The molecule has 0 rings (SSSR count). The van der Waals surface area contributed by atoms with Crippen molar-refractivity contribution >= 4 is 11.7 Å². The number of nitrogens with two attached hydrogens (primary N) is 1. The Morgan fingerprint density at radius 2 is 2.11 bits per heavy atom. The first kappa shape index (κ1) is 17.7. The number of nitrogens with zero attached hydrogens (tertiary/aromatic N) is 1. The maximum atomic E-state index is 11.9. The summed E-state index contributed by atoms with van der Waals surface area (Å²) in [6.07, 6.45) is 3.38. The molecule has 0 aromatic carbocycles. The van der Waals surface area contributed by atoms with Crippen molar-refractivity contribution in [3.8, 4) is 0 Å². The second-order valence-electron chi connectivity index (χ2n) is 4.78. The lowest BCUT2D eigenvalue weighted by Gasteiger charge is -2.14. The molecule has 112 valence electrons. The van der Waals surface area contributed by atoms with Gasteiger partial charge in [-0.2, -0.15) is 0 Å². The second-order valence-corrected chi connectivity index (χ2v) is 4.78. The Labute approximate surface area is 115 Å². The largest absolute Gasteiger partial charge is 0.409 e. The zero-order valence-corrected chi connectivity index (χ0v) is 12.2. The molecule has 4 N–H and O–H groups in total. The van der Waals surface area contributed by atoms with Crippen LogP contribution in [-0.4, -0.2) is 36.2 Å². The highest BCUT2D eigenvalue weighted by Crippen LogP contribution is 2.07. The number of rotatable bonds is 10. The summed E-state index contributed by atoms with van der Waals surface area (Å²) in [7, 11) is 0. The number of oxime groups is 1. The van der Waals surface area contributed by atoms with Gasteiger partial charge in [0.25, 0.3) is 0 Å². The molecule has 1 atom stereocenters. The van der Waals surface area contributed by atoms with E-state index in [4.69, 9.17) is 15.7 Å². The summed E-state index contributed by atoms with van der Waals surface area (Å²) in [5.41, 5.74) is 5.51. The fourth-order valence-corrected chi connectivity index (χ4v) is 1.65. The number of ether oxygens (including phenoxy) is 1. The summed E-state index contributed by atoms with van der Waals surface area (Å²) in [4.78, 5) is 11.9. The number of hydrogen-bond donors (Lipinski definition) is 3. The molecule has 1 unspecified atom stereocenters. The van der Waals surface area contributed by atoms with Crippen molar-refractivity contribution in [2.75, 3.05) is 13.2 Å². The van der Waals surface area contributed by atoms with Crippen molar-refractivity contribution in [3.63, 3.8) is 0 Å². The lowest BCUT2D eigenvalue weighted by atomic mass is 10.0. The summed E-state index contributed by atoms with van der Waals surface area (Å²) in [6.45, 7) is 7.22. The molecule has 0 fully saturated rings. The molecule has 19 heavy (non-hydrogen) atoms. The minimum atomic E-state index is -0.540. The smallest absolute Gasteiger partial charge is 0.230 e. The number of unbranched alkanes of at least 4 members (excludes halogenated alkanes) is 1. The first-order valence-electron chi connectivity index (χ1n) is 6.89. The van der Waals surface area contributed by atoms with Gasteiger partial charge < -0.3 is 21.0 Å². The van der Waals surface area contributed by atoms with Crippen molar-refractivity contribution in [2.45, 2.75) is 52.6 Å². The highest BCUT2D eigenvalue weighted by Gasteiger charge is 2.21. The normalized spacial score (nSPS) is 13.6. The zero-order valence-electron chi connectivity index (χ0n) is 12.2. The standard InChI is InChI=1S/C13H27N3O3/c1-4-7-11(12(14)16-18)13(17)15-8-5-6-9-19-10(2)3/h10-11,18H,4-9H2,1-3H3,(H2,14,16)(H,15,17). The average Bonchev–Trinajstić information content (AvgIpc) is 2.38. The van der Waals surface area contributed by atoms with Crippen LogP contribution in [0.25, 0.3) is 0 Å². The lowest BCUT2D eigenvalue weighted by molar-refractivity contribution is -0.123. The van der Waals surface area contributed by atoms with Crippen LogP contribution in [0.1, 0.15) is 46.5 Å². The van der Waals surface area contributed by atoms with E-state index < -0.39 is 5.92 Å². The van der Waals surface area contributed by atoms with Gasteiger partial charge in [-0.15, -0.1) is 0 Å². The molecular formula is C13H27N3O3. The number of hydrogen-bond acceptors (Lipinski definition) is 4. The van der Waals surface area contributed by atoms with Crippen LogP contribution in [0.2, 0.25) is 0 Å². The highest BCUT2D eigenvalue weighted by atomic mass is 16.5. The zero-order chi connectivity index (χ0) is 14.7. The molecule has 0 aromatic heterocycles. The minimum Gasteiger partial charge on any atom is -0.409 e. The quantitative estimate of drug-likeness (QED) is 0.185. The van der Waals surface area contributed by atoms with Gasteiger partial charge in [-0.25, -0.2) is 0 Å². The van der Waals surface area contributed by atoms with Gasteiger partial charge in [0.15, 0.2) is 5.84 Å². The lowest BCUT2D eigenvalue weighted by Crippen LogP contribution is -2.39. The van der Waals surface area contributed by atoms with Gasteiger partial charge >= 0.3 is 0 Å². The van der Waals surface area contributed by atoms with E-state index in [1.54, 1.807) is 0 Å². The Bertz CT molecular complexity index is 280. The van der Waals surface area contributed by atoms with Crippen LogP contribution in [0.15, 0.2) is 5.16 Å². The Morgan fingerprint density at radius 3 is 2.63 bits per heavy atom. The molecule has 0 aliphatic carbocycles. The summed E-state index contributed by atoms with van der Waals surface area (Å²) >= 11 is 0. The first-order valence-corrected chi connectivity index (χ1v) is 6.89. The van der Waals surface area contributed by atoms with E-state index in [9.17, 15) is 4.79 Å².